The van der Waals surface area contributed by atoms with Crippen molar-refractivity contribution < 1.29 is 19.0 Å². The van der Waals surface area contributed by atoms with E-state index in [1.54, 1.807) is 19.2 Å². The van der Waals surface area contributed by atoms with E-state index in [1.807, 2.05) is 0 Å². The molecule has 1 aromatic rings. The van der Waals surface area contributed by atoms with Crippen LogP contribution in [-0.4, -0.2) is 31.8 Å². The number of methoxy groups -OCH3 is 1. The van der Waals surface area contributed by atoms with E-state index in [0.717, 1.165) is 18.4 Å². The predicted molar refractivity (Wildman–Crippen MR) is 73.6 cm³/mol. The van der Waals surface area contributed by atoms with Gasteiger partial charge in [0.1, 0.15) is 0 Å². The second kappa shape index (κ2) is 4.54. The van der Waals surface area contributed by atoms with E-state index in [4.69, 9.17) is 14.2 Å². The molecule has 110 valence electrons. The Balaban J connectivity index is 1.66. The van der Waals surface area contributed by atoms with Crippen LogP contribution in [0.3, 0.4) is 0 Å². The molecule has 3 aliphatic rings. The van der Waals surface area contributed by atoms with E-state index in [2.05, 4.69) is 15.6 Å². The van der Waals surface area contributed by atoms with Crippen molar-refractivity contribution in [2.75, 3.05) is 13.9 Å². The molecule has 1 amide bonds. The highest BCUT2D eigenvalue weighted by Crippen LogP contribution is 2.43. The average Bonchev–Trinajstić information content (AvgIpc) is 3.02. The van der Waals surface area contributed by atoms with Crippen molar-refractivity contribution >= 4 is 11.9 Å². The van der Waals surface area contributed by atoms with Gasteiger partial charge in [-0.25, -0.2) is 4.99 Å². The van der Waals surface area contributed by atoms with Crippen LogP contribution in [0.15, 0.2) is 17.1 Å². The van der Waals surface area contributed by atoms with Crippen LogP contribution in [0.4, 0.5) is 0 Å². The van der Waals surface area contributed by atoms with Gasteiger partial charge in [-0.2, -0.15) is 0 Å². The van der Waals surface area contributed by atoms with Gasteiger partial charge in [-0.3, -0.25) is 10.1 Å². The zero-order valence-corrected chi connectivity index (χ0v) is 11.5. The summed E-state index contributed by atoms with van der Waals surface area (Å²) in [6.45, 7) is 0.157. The third-order valence-corrected chi connectivity index (χ3v) is 3.66. The molecule has 0 aromatic heterocycles. The van der Waals surface area contributed by atoms with Crippen molar-refractivity contribution in [2.24, 2.45) is 4.99 Å². The first kappa shape index (κ1) is 12.3. The van der Waals surface area contributed by atoms with Gasteiger partial charge in [0, 0.05) is 6.04 Å². The fourth-order valence-electron chi connectivity index (χ4n) is 2.43. The summed E-state index contributed by atoms with van der Waals surface area (Å²) < 4.78 is 16.0. The van der Waals surface area contributed by atoms with Crippen LogP contribution in [-0.2, 0) is 4.79 Å². The third kappa shape index (κ3) is 2.14. The summed E-state index contributed by atoms with van der Waals surface area (Å²) in [4.78, 5) is 16.5. The molecular formula is C14H15N3O4. The van der Waals surface area contributed by atoms with Gasteiger partial charge in [-0.1, -0.05) is 0 Å². The number of guanidine groups is 1. The van der Waals surface area contributed by atoms with Crippen molar-refractivity contribution in [2.45, 2.75) is 24.9 Å². The monoisotopic (exact) mass is 289 g/mol. The van der Waals surface area contributed by atoms with Crippen LogP contribution >= 0.6 is 0 Å². The Morgan fingerprint density at radius 3 is 3.00 bits per heavy atom. The van der Waals surface area contributed by atoms with Gasteiger partial charge in [0.2, 0.25) is 12.5 Å². The van der Waals surface area contributed by atoms with E-state index < -0.39 is 6.04 Å². The van der Waals surface area contributed by atoms with Crippen LogP contribution in [0.1, 0.15) is 24.4 Å². The van der Waals surface area contributed by atoms with Gasteiger partial charge >= 0.3 is 0 Å². The number of nitrogens with one attached hydrogen (secondary N) is 2. The van der Waals surface area contributed by atoms with Crippen LogP contribution in [0.5, 0.6) is 17.2 Å². The van der Waals surface area contributed by atoms with Crippen LogP contribution in [0, 0.1) is 0 Å². The van der Waals surface area contributed by atoms with E-state index in [1.165, 1.54) is 0 Å². The van der Waals surface area contributed by atoms with Crippen molar-refractivity contribution in [1.82, 2.24) is 10.6 Å². The molecule has 21 heavy (non-hydrogen) atoms. The summed E-state index contributed by atoms with van der Waals surface area (Å²) in [6, 6.07) is 3.39. The number of amides is 1. The fraction of sp³-hybridized carbons (Fsp3) is 0.429. The number of aliphatic imine (C=N–C) groups is 1. The van der Waals surface area contributed by atoms with Crippen molar-refractivity contribution in [1.29, 1.82) is 0 Å². The average molecular weight is 289 g/mol. The van der Waals surface area contributed by atoms with E-state index in [-0.39, 0.29) is 12.7 Å². The van der Waals surface area contributed by atoms with Crippen molar-refractivity contribution in [3.8, 4) is 17.2 Å². The maximum absolute atomic E-state index is 12.1. The van der Waals surface area contributed by atoms with Gasteiger partial charge in [-0.15, -0.1) is 0 Å². The lowest BCUT2D eigenvalue weighted by Gasteiger charge is -2.10. The highest BCUT2D eigenvalue weighted by molar-refractivity contribution is 6.05. The van der Waals surface area contributed by atoms with Gasteiger partial charge in [0.05, 0.1) is 7.11 Å². The SMILES string of the molecule is COc1cc(C2N=C(NC3CC3)NC2=O)cc2c1OCO2. The lowest BCUT2D eigenvalue weighted by Crippen LogP contribution is -2.37. The largest absolute Gasteiger partial charge is 0.493 e. The molecule has 0 bridgehead atoms. The minimum absolute atomic E-state index is 0.154. The molecule has 0 radical (unpaired) electrons. The predicted octanol–water partition coefficient (Wildman–Crippen LogP) is 0.703. The Bertz CT molecular complexity index is 639. The Morgan fingerprint density at radius 1 is 1.38 bits per heavy atom. The minimum Gasteiger partial charge on any atom is -0.493 e. The molecule has 2 heterocycles. The first-order valence-electron chi connectivity index (χ1n) is 6.87. The van der Waals surface area contributed by atoms with E-state index in [0.29, 0.717) is 29.2 Å². The third-order valence-electron chi connectivity index (χ3n) is 3.66. The molecule has 0 saturated heterocycles. The van der Waals surface area contributed by atoms with E-state index >= 15 is 0 Å². The highest BCUT2D eigenvalue weighted by atomic mass is 16.7. The summed E-state index contributed by atoms with van der Waals surface area (Å²) in [5.41, 5.74) is 0.723. The summed E-state index contributed by atoms with van der Waals surface area (Å²) >= 11 is 0. The lowest BCUT2D eigenvalue weighted by molar-refractivity contribution is -0.120. The number of ether oxygens (including phenoxy) is 3. The number of benzene rings is 1. The van der Waals surface area contributed by atoms with Gasteiger partial charge < -0.3 is 19.5 Å². The van der Waals surface area contributed by atoms with Crippen LogP contribution < -0.4 is 24.8 Å². The highest BCUT2D eigenvalue weighted by Gasteiger charge is 2.33. The number of hydrogen-bond donors (Lipinski definition) is 2. The zero-order chi connectivity index (χ0) is 14.4. The maximum atomic E-state index is 12.1. The Hall–Kier alpha value is -2.44. The fourth-order valence-corrected chi connectivity index (χ4v) is 2.43. The Morgan fingerprint density at radius 2 is 2.24 bits per heavy atom. The van der Waals surface area contributed by atoms with Gasteiger partial charge in [0.25, 0.3) is 5.91 Å². The molecule has 0 spiro atoms. The Kier molecular flexibility index (Phi) is 2.66. The summed E-state index contributed by atoms with van der Waals surface area (Å²) in [6.07, 6.45) is 2.24. The normalized spacial score (nSPS) is 22.8. The number of hydrogen-bond acceptors (Lipinski definition) is 6. The van der Waals surface area contributed by atoms with E-state index in [9.17, 15) is 4.79 Å². The quantitative estimate of drug-likeness (QED) is 0.856. The molecule has 2 N–H and O–H groups in total. The molecule has 1 fully saturated rings. The molecule has 1 aliphatic carbocycles. The molecule has 1 atom stereocenters. The van der Waals surface area contributed by atoms with Crippen LogP contribution in [0.25, 0.3) is 0 Å². The number of rotatable bonds is 3. The van der Waals surface area contributed by atoms with Crippen molar-refractivity contribution in [3.63, 3.8) is 0 Å². The van der Waals surface area contributed by atoms with Gasteiger partial charge in [-0.05, 0) is 30.5 Å². The second-order valence-corrected chi connectivity index (χ2v) is 5.25. The smallest absolute Gasteiger partial charge is 0.256 e. The topological polar surface area (TPSA) is 81.2 Å². The number of carbonyl (C=O) groups excluding carboxylic acids is 1. The first-order valence-corrected chi connectivity index (χ1v) is 6.87. The number of fused-ring (bicyclic) bond motifs is 1. The second-order valence-electron chi connectivity index (χ2n) is 5.25. The molecule has 2 aliphatic heterocycles. The molecule has 1 unspecified atom stereocenters. The Labute approximate surface area is 121 Å². The molecule has 1 aromatic carbocycles. The zero-order valence-electron chi connectivity index (χ0n) is 11.5. The molecule has 7 heteroatoms. The molecular weight excluding hydrogens is 274 g/mol. The van der Waals surface area contributed by atoms with Crippen LogP contribution in [0.2, 0.25) is 0 Å². The number of nitrogens with zero attached hydrogens (tertiary/aromatic N) is 1. The molecule has 1 saturated carbocycles. The van der Waals surface area contributed by atoms with Gasteiger partial charge in [0.15, 0.2) is 23.5 Å². The number of carbonyl (C=O) groups is 1. The summed E-state index contributed by atoms with van der Waals surface area (Å²) in [7, 11) is 1.55. The summed E-state index contributed by atoms with van der Waals surface area (Å²) in [5.74, 6) is 2.09. The standard InChI is InChI=1S/C14H15N3O4/c1-19-9-4-7(5-10-12(9)21-6-20-10)11-13(18)17-14(16-11)15-8-2-3-8/h4-5,8,11H,2-3,6H2,1H3,(H2,15,16,17,18). The summed E-state index contributed by atoms with van der Waals surface area (Å²) in [5, 5.41) is 5.96. The van der Waals surface area contributed by atoms with Crippen molar-refractivity contribution in [3.05, 3.63) is 17.7 Å². The minimum atomic E-state index is -0.588. The first-order chi connectivity index (χ1) is 10.2. The molecule has 4 rings (SSSR count). The molecule has 7 nitrogen and oxygen atoms in total. The lowest BCUT2D eigenvalue weighted by atomic mass is 10.1. The maximum Gasteiger partial charge on any atom is 0.256 e.